The molecule has 0 aliphatic carbocycles. The molecule has 1 fully saturated rings. The summed E-state index contributed by atoms with van der Waals surface area (Å²) in [6.45, 7) is 11.4. The van der Waals surface area contributed by atoms with Gasteiger partial charge in [0.05, 0.1) is 23.8 Å². The quantitative estimate of drug-likeness (QED) is 0.309. The molecule has 182 valence electrons. The van der Waals surface area contributed by atoms with Gasteiger partial charge >= 0.3 is 0 Å². The number of benzene rings is 2. The minimum atomic E-state index is -0.757. The number of carbonyl (C=O) groups is 2. The lowest BCUT2D eigenvalue weighted by Crippen LogP contribution is -2.33. The number of Topliss-reactive ketones (excluding diaryl/α,β-unsaturated/α-hetero) is 1. The fourth-order valence-corrected chi connectivity index (χ4v) is 4.36. The van der Waals surface area contributed by atoms with Crippen molar-refractivity contribution in [2.75, 3.05) is 32.8 Å². The highest BCUT2D eigenvalue weighted by Crippen LogP contribution is 2.41. The summed E-state index contributed by atoms with van der Waals surface area (Å²) in [6, 6.07) is 11.2. The number of aromatic hydroxyl groups is 1. The molecule has 34 heavy (non-hydrogen) atoms. The topological polar surface area (TPSA) is 90.3 Å². The van der Waals surface area contributed by atoms with Gasteiger partial charge in [0.25, 0.3) is 11.7 Å². The minimum absolute atomic E-state index is 0.0158. The third-order valence-electron chi connectivity index (χ3n) is 6.22. The van der Waals surface area contributed by atoms with Crippen molar-refractivity contribution in [2.24, 2.45) is 0 Å². The number of phenolic OH excluding ortho intramolecular Hbond substituents is 1. The Hall–Kier alpha value is -3.32. The lowest BCUT2D eigenvalue weighted by Gasteiger charge is -2.27. The largest absolute Gasteiger partial charge is 0.507 e. The summed E-state index contributed by atoms with van der Waals surface area (Å²) in [4.78, 5) is 30.0. The highest BCUT2D eigenvalue weighted by Gasteiger charge is 2.46. The maximum Gasteiger partial charge on any atom is 0.295 e. The van der Waals surface area contributed by atoms with Crippen LogP contribution in [0.2, 0.25) is 0 Å². The maximum absolute atomic E-state index is 13.2. The fourth-order valence-electron chi connectivity index (χ4n) is 4.36. The van der Waals surface area contributed by atoms with Gasteiger partial charge in [0, 0.05) is 6.54 Å². The van der Waals surface area contributed by atoms with Crippen molar-refractivity contribution in [3.63, 3.8) is 0 Å². The third kappa shape index (κ3) is 5.25. The molecule has 0 aromatic heterocycles. The number of amides is 1. The standard InChI is InChI=1S/C27H34N2O5/c1-5-28(6-2)15-8-16-29-24(19-10-12-20(13-11-19)34-7-3)23(26(32)27(29)33)25(31)21-17-18(4)9-14-22(21)30/h9-14,17,24,30-31H,5-8,15-16H2,1-4H3/t24-/m0/s1. The summed E-state index contributed by atoms with van der Waals surface area (Å²) in [5.41, 5.74) is 1.62. The number of phenols is 1. The fraction of sp³-hybridized carbons (Fsp3) is 0.407. The number of rotatable bonds is 10. The van der Waals surface area contributed by atoms with E-state index in [4.69, 9.17) is 4.74 Å². The first kappa shape index (κ1) is 25.3. The monoisotopic (exact) mass is 466 g/mol. The summed E-state index contributed by atoms with van der Waals surface area (Å²) < 4.78 is 5.53. The van der Waals surface area contributed by atoms with Gasteiger partial charge in [-0.3, -0.25) is 9.59 Å². The van der Waals surface area contributed by atoms with E-state index in [1.165, 1.54) is 11.0 Å². The van der Waals surface area contributed by atoms with Gasteiger partial charge < -0.3 is 24.7 Å². The Balaban J connectivity index is 2.06. The van der Waals surface area contributed by atoms with Crippen molar-refractivity contribution >= 4 is 17.4 Å². The molecule has 1 atom stereocenters. The summed E-state index contributed by atoms with van der Waals surface area (Å²) >= 11 is 0. The number of aliphatic hydroxyl groups excluding tert-OH is 1. The molecule has 0 saturated carbocycles. The van der Waals surface area contributed by atoms with Crippen molar-refractivity contribution < 1.29 is 24.5 Å². The van der Waals surface area contributed by atoms with Gasteiger partial charge in [-0.15, -0.1) is 0 Å². The Kier molecular flexibility index (Phi) is 8.34. The zero-order valence-electron chi connectivity index (χ0n) is 20.4. The lowest BCUT2D eigenvalue weighted by atomic mass is 9.94. The number of hydrogen-bond donors (Lipinski definition) is 2. The molecule has 2 N–H and O–H groups in total. The first-order valence-electron chi connectivity index (χ1n) is 11.9. The summed E-state index contributed by atoms with van der Waals surface area (Å²) in [5, 5.41) is 21.5. The van der Waals surface area contributed by atoms with E-state index in [-0.39, 0.29) is 22.6 Å². The molecule has 1 heterocycles. The molecule has 1 aliphatic rings. The van der Waals surface area contributed by atoms with Crippen molar-refractivity contribution in [3.8, 4) is 11.5 Å². The molecule has 2 aromatic carbocycles. The van der Waals surface area contributed by atoms with Gasteiger partial charge in [0.1, 0.15) is 17.3 Å². The molecule has 7 nitrogen and oxygen atoms in total. The maximum atomic E-state index is 13.2. The smallest absolute Gasteiger partial charge is 0.295 e. The van der Waals surface area contributed by atoms with Crippen LogP contribution in [0.1, 0.15) is 49.9 Å². The number of hydrogen-bond acceptors (Lipinski definition) is 6. The number of carbonyl (C=O) groups excluding carboxylic acids is 2. The Bertz CT molecular complexity index is 1060. The zero-order chi connectivity index (χ0) is 24.8. The van der Waals surface area contributed by atoms with Gasteiger partial charge in [-0.1, -0.05) is 37.6 Å². The van der Waals surface area contributed by atoms with E-state index < -0.39 is 17.7 Å². The van der Waals surface area contributed by atoms with Crippen LogP contribution in [0.5, 0.6) is 11.5 Å². The van der Waals surface area contributed by atoms with E-state index in [1.54, 1.807) is 24.3 Å². The molecule has 1 saturated heterocycles. The molecule has 7 heteroatoms. The molecule has 1 amide bonds. The number of aryl methyl sites for hydroxylation is 1. The van der Waals surface area contributed by atoms with E-state index in [1.807, 2.05) is 26.0 Å². The average Bonchev–Trinajstić information content (AvgIpc) is 3.08. The summed E-state index contributed by atoms with van der Waals surface area (Å²) in [7, 11) is 0. The van der Waals surface area contributed by atoms with Gasteiger partial charge in [0.2, 0.25) is 0 Å². The molecule has 3 rings (SSSR count). The number of ether oxygens (including phenoxy) is 1. The van der Waals surface area contributed by atoms with Crippen LogP contribution >= 0.6 is 0 Å². The molecule has 0 bridgehead atoms. The summed E-state index contributed by atoms with van der Waals surface area (Å²) in [5.74, 6) is -1.24. The second kappa shape index (κ2) is 11.2. The summed E-state index contributed by atoms with van der Waals surface area (Å²) in [6.07, 6.45) is 0.692. The van der Waals surface area contributed by atoms with Crippen LogP contribution < -0.4 is 4.74 Å². The van der Waals surface area contributed by atoms with Crippen LogP contribution in [0.3, 0.4) is 0 Å². The van der Waals surface area contributed by atoms with E-state index in [0.29, 0.717) is 30.9 Å². The molecule has 0 unspecified atom stereocenters. The number of aliphatic hydroxyl groups is 1. The molecule has 2 aromatic rings. The van der Waals surface area contributed by atoms with E-state index >= 15 is 0 Å². The van der Waals surface area contributed by atoms with Crippen LogP contribution in [0, 0.1) is 6.92 Å². The molecular weight excluding hydrogens is 432 g/mol. The SMILES string of the molecule is CCOc1ccc([C@H]2C(=C(O)c3cc(C)ccc3O)C(=O)C(=O)N2CCCN(CC)CC)cc1. The van der Waals surface area contributed by atoms with Crippen molar-refractivity contribution in [1.82, 2.24) is 9.80 Å². The highest BCUT2D eigenvalue weighted by molar-refractivity contribution is 6.46. The van der Waals surface area contributed by atoms with Gasteiger partial charge in [-0.25, -0.2) is 0 Å². The molecule has 0 spiro atoms. The van der Waals surface area contributed by atoms with Crippen LogP contribution in [0.25, 0.3) is 5.76 Å². The predicted octanol–water partition coefficient (Wildman–Crippen LogP) is 4.25. The Labute approximate surface area is 201 Å². The Morgan fingerprint density at radius 1 is 1.06 bits per heavy atom. The number of likely N-dealkylation sites (tertiary alicyclic amines) is 1. The minimum Gasteiger partial charge on any atom is -0.507 e. The second-order valence-corrected chi connectivity index (χ2v) is 8.40. The van der Waals surface area contributed by atoms with Crippen LogP contribution in [0.15, 0.2) is 48.0 Å². The Morgan fingerprint density at radius 2 is 1.74 bits per heavy atom. The number of nitrogens with zero attached hydrogens (tertiary/aromatic N) is 2. The first-order chi connectivity index (χ1) is 16.3. The third-order valence-corrected chi connectivity index (χ3v) is 6.22. The van der Waals surface area contributed by atoms with Crippen molar-refractivity contribution in [1.29, 1.82) is 0 Å². The molecule has 1 aliphatic heterocycles. The Morgan fingerprint density at radius 3 is 2.35 bits per heavy atom. The van der Waals surface area contributed by atoms with Crippen molar-refractivity contribution in [3.05, 3.63) is 64.7 Å². The van der Waals surface area contributed by atoms with Gasteiger partial charge in [-0.2, -0.15) is 0 Å². The predicted molar refractivity (Wildman–Crippen MR) is 132 cm³/mol. The lowest BCUT2D eigenvalue weighted by molar-refractivity contribution is -0.140. The zero-order valence-corrected chi connectivity index (χ0v) is 20.4. The van der Waals surface area contributed by atoms with Crippen LogP contribution in [-0.2, 0) is 9.59 Å². The van der Waals surface area contributed by atoms with Crippen LogP contribution in [0.4, 0.5) is 0 Å². The molecule has 0 radical (unpaired) electrons. The first-order valence-corrected chi connectivity index (χ1v) is 11.9. The van der Waals surface area contributed by atoms with Crippen molar-refractivity contribution in [2.45, 2.75) is 40.2 Å². The number of ketones is 1. The average molecular weight is 467 g/mol. The molecular formula is C27H34N2O5. The van der Waals surface area contributed by atoms with E-state index in [9.17, 15) is 19.8 Å². The van der Waals surface area contributed by atoms with Gasteiger partial charge in [0.15, 0.2) is 0 Å². The second-order valence-electron chi connectivity index (χ2n) is 8.40. The van der Waals surface area contributed by atoms with E-state index in [0.717, 1.165) is 25.2 Å². The van der Waals surface area contributed by atoms with Crippen LogP contribution in [-0.4, -0.2) is 64.5 Å². The normalized spacial score (nSPS) is 17.6. The highest BCUT2D eigenvalue weighted by atomic mass is 16.5. The van der Waals surface area contributed by atoms with E-state index in [2.05, 4.69) is 18.7 Å². The van der Waals surface area contributed by atoms with Gasteiger partial charge in [-0.05, 0) is 69.7 Å².